The van der Waals surface area contributed by atoms with E-state index in [0.717, 1.165) is 12.0 Å². The summed E-state index contributed by atoms with van der Waals surface area (Å²) in [6.45, 7) is 4.77. The van der Waals surface area contributed by atoms with E-state index in [1.165, 1.54) is 6.07 Å². The number of hydrogen-bond donors (Lipinski definition) is 2. The number of nitrogens with one attached hydrogen (secondary N) is 2. The first-order chi connectivity index (χ1) is 7.58. The Balaban J connectivity index is 2.28. The molecule has 1 aromatic rings. The molecule has 0 aliphatic carbocycles. The quantitative estimate of drug-likeness (QED) is 0.789. The molecule has 1 rings (SSSR count). The third kappa shape index (κ3) is 5.07. The maximum absolute atomic E-state index is 12.9. The lowest BCUT2D eigenvalue weighted by Crippen LogP contribution is -2.40. The first kappa shape index (κ1) is 12.9. The van der Waals surface area contributed by atoms with Gasteiger partial charge in [0.05, 0.1) is 0 Å². The van der Waals surface area contributed by atoms with Crippen molar-refractivity contribution < 1.29 is 4.39 Å². The lowest BCUT2D eigenvalue weighted by molar-refractivity contribution is 0.625. The van der Waals surface area contributed by atoms with Crippen LogP contribution < -0.4 is 10.6 Å². The summed E-state index contributed by atoms with van der Waals surface area (Å²) in [5, 5.41) is 6.81. The fourth-order valence-electron chi connectivity index (χ4n) is 1.33. The van der Waals surface area contributed by atoms with Crippen LogP contribution in [0.2, 0.25) is 0 Å². The average Bonchev–Trinajstić information content (AvgIpc) is 2.16. The van der Waals surface area contributed by atoms with Crippen LogP contribution in [0.15, 0.2) is 24.3 Å². The van der Waals surface area contributed by atoms with Crippen molar-refractivity contribution in [2.45, 2.75) is 26.3 Å². The van der Waals surface area contributed by atoms with Gasteiger partial charge in [0.2, 0.25) is 0 Å². The smallest absolute Gasteiger partial charge is 0.166 e. The van der Waals surface area contributed by atoms with E-state index >= 15 is 0 Å². The molecule has 0 fully saturated rings. The first-order valence-electron chi connectivity index (χ1n) is 5.36. The summed E-state index contributed by atoms with van der Waals surface area (Å²) in [4.78, 5) is 0. The SMILES string of the molecule is CC(C)NC(=S)NCCc1cccc(F)c1. The van der Waals surface area contributed by atoms with Crippen LogP contribution in [0.5, 0.6) is 0 Å². The van der Waals surface area contributed by atoms with E-state index in [1.54, 1.807) is 12.1 Å². The number of halogens is 1. The lowest BCUT2D eigenvalue weighted by Gasteiger charge is -2.12. The number of thiocarbonyl (C=S) groups is 1. The zero-order chi connectivity index (χ0) is 12.0. The van der Waals surface area contributed by atoms with Gasteiger partial charge in [0.15, 0.2) is 5.11 Å². The molecular formula is C12H17FN2S. The van der Waals surface area contributed by atoms with Gasteiger partial charge in [0.1, 0.15) is 5.82 Å². The van der Waals surface area contributed by atoms with Crippen molar-refractivity contribution in [2.24, 2.45) is 0 Å². The Bertz CT molecular complexity index is 353. The lowest BCUT2D eigenvalue weighted by atomic mass is 10.1. The molecule has 4 heteroatoms. The van der Waals surface area contributed by atoms with Gasteiger partial charge in [-0.05, 0) is 50.2 Å². The Kier molecular flexibility index (Phi) is 5.19. The molecule has 2 N–H and O–H groups in total. The van der Waals surface area contributed by atoms with E-state index in [1.807, 2.05) is 19.9 Å². The molecular weight excluding hydrogens is 223 g/mol. The van der Waals surface area contributed by atoms with Crippen molar-refractivity contribution in [3.8, 4) is 0 Å². The van der Waals surface area contributed by atoms with E-state index in [4.69, 9.17) is 12.2 Å². The molecule has 0 heterocycles. The van der Waals surface area contributed by atoms with Gasteiger partial charge in [-0.3, -0.25) is 0 Å². The van der Waals surface area contributed by atoms with Crippen LogP contribution in [0.3, 0.4) is 0 Å². The molecule has 0 aliphatic rings. The monoisotopic (exact) mass is 240 g/mol. The first-order valence-corrected chi connectivity index (χ1v) is 5.77. The van der Waals surface area contributed by atoms with Crippen LogP contribution in [0.4, 0.5) is 4.39 Å². The third-order valence-electron chi connectivity index (χ3n) is 2.01. The van der Waals surface area contributed by atoms with Crippen molar-refractivity contribution >= 4 is 17.3 Å². The minimum absolute atomic E-state index is 0.194. The van der Waals surface area contributed by atoms with Gasteiger partial charge in [0.25, 0.3) is 0 Å². The van der Waals surface area contributed by atoms with Crippen LogP contribution in [0.25, 0.3) is 0 Å². The predicted molar refractivity (Wildman–Crippen MR) is 69.0 cm³/mol. The average molecular weight is 240 g/mol. The molecule has 88 valence electrons. The Morgan fingerprint density at radius 3 is 2.81 bits per heavy atom. The summed E-state index contributed by atoms with van der Waals surface area (Å²) in [6.07, 6.45) is 0.762. The highest BCUT2D eigenvalue weighted by Gasteiger charge is 1.98. The van der Waals surface area contributed by atoms with Crippen LogP contribution in [-0.4, -0.2) is 17.7 Å². The summed E-state index contributed by atoms with van der Waals surface area (Å²) in [6, 6.07) is 6.94. The normalized spacial score (nSPS) is 10.2. The molecule has 16 heavy (non-hydrogen) atoms. The van der Waals surface area contributed by atoms with Crippen molar-refractivity contribution in [1.29, 1.82) is 0 Å². The van der Waals surface area contributed by atoms with Crippen LogP contribution in [0.1, 0.15) is 19.4 Å². The molecule has 0 unspecified atom stereocenters. The van der Waals surface area contributed by atoms with Gasteiger partial charge in [-0.1, -0.05) is 12.1 Å². The molecule has 0 saturated carbocycles. The second-order valence-corrected chi connectivity index (χ2v) is 4.34. The number of rotatable bonds is 4. The minimum Gasteiger partial charge on any atom is -0.362 e. The summed E-state index contributed by atoms with van der Waals surface area (Å²) in [5.41, 5.74) is 0.972. The van der Waals surface area contributed by atoms with E-state index < -0.39 is 0 Å². The molecule has 2 nitrogen and oxygen atoms in total. The van der Waals surface area contributed by atoms with Gasteiger partial charge in [-0.2, -0.15) is 0 Å². The fourth-order valence-corrected chi connectivity index (χ4v) is 1.66. The zero-order valence-corrected chi connectivity index (χ0v) is 10.4. The second kappa shape index (κ2) is 6.43. The highest BCUT2D eigenvalue weighted by molar-refractivity contribution is 7.80. The Morgan fingerprint density at radius 2 is 2.19 bits per heavy atom. The largest absolute Gasteiger partial charge is 0.362 e. The van der Waals surface area contributed by atoms with Gasteiger partial charge in [-0.15, -0.1) is 0 Å². The van der Waals surface area contributed by atoms with Gasteiger partial charge < -0.3 is 10.6 Å². The molecule has 1 aromatic carbocycles. The van der Waals surface area contributed by atoms with Gasteiger partial charge in [0, 0.05) is 12.6 Å². The van der Waals surface area contributed by atoms with Crippen LogP contribution in [-0.2, 0) is 6.42 Å². The molecule has 0 atom stereocenters. The fraction of sp³-hybridized carbons (Fsp3) is 0.417. The number of hydrogen-bond acceptors (Lipinski definition) is 1. The van der Waals surface area contributed by atoms with Crippen molar-refractivity contribution in [2.75, 3.05) is 6.54 Å². The molecule has 0 bridgehead atoms. The van der Waals surface area contributed by atoms with E-state index in [9.17, 15) is 4.39 Å². The molecule has 0 amide bonds. The van der Waals surface area contributed by atoms with E-state index in [0.29, 0.717) is 17.7 Å². The zero-order valence-electron chi connectivity index (χ0n) is 9.59. The van der Waals surface area contributed by atoms with E-state index in [2.05, 4.69) is 10.6 Å². The molecule has 0 radical (unpaired) electrons. The van der Waals surface area contributed by atoms with Gasteiger partial charge >= 0.3 is 0 Å². The predicted octanol–water partition coefficient (Wildman–Crippen LogP) is 2.24. The standard InChI is InChI=1S/C12H17FN2S/c1-9(2)15-12(16)14-7-6-10-4-3-5-11(13)8-10/h3-5,8-9H,6-7H2,1-2H3,(H2,14,15,16). The second-order valence-electron chi connectivity index (χ2n) is 3.93. The van der Waals surface area contributed by atoms with Crippen LogP contribution >= 0.6 is 12.2 Å². The maximum Gasteiger partial charge on any atom is 0.166 e. The molecule has 0 saturated heterocycles. The van der Waals surface area contributed by atoms with Crippen molar-refractivity contribution in [3.05, 3.63) is 35.6 Å². The molecule has 0 spiro atoms. The summed E-state index contributed by atoms with van der Waals surface area (Å²) in [7, 11) is 0. The highest BCUT2D eigenvalue weighted by atomic mass is 32.1. The maximum atomic E-state index is 12.9. The van der Waals surface area contributed by atoms with Gasteiger partial charge in [-0.25, -0.2) is 4.39 Å². The molecule has 0 aliphatic heterocycles. The topological polar surface area (TPSA) is 24.1 Å². The highest BCUT2D eigenvalue weighted by Crippen LogP contribution is 2.03. The minimum atomic E-state index is -0.194. The third-order valence-corrected chi connectivity index (χ3v) is 2.27. The summed E-state index contributed by atoms with van der Waals surface area (Å²) >= 11 is 5.08. The van der Waals surface area contributed by atoms with Crippen molar-refractivity contribution in [1.82, 2.24) is 10.6 Å². The Hall–Kier alpha value is -1.16. The van der Waals surface area contributed by atoms with Crippen molar-refractivity contribution in [3.63, 3.8) is 0 Å². The summed E-state index contributed by atoms with van der Waals surface area (Å²) < 4.78 is 12.9. The number of benzene rings is 1. The van der Waals surface area contributed by atoms with E-state index in [-0.39, 0.29) is 5.82 Å². The summed E-state index contributed by atoms with van der Waals surface area (Å²) in [5.74, 6) is -0.194. The Labute approximate surface area is 101 Å². The van der Waals surface area contributed by atoms with Crippen LogP contribution in [0, 0.1) is 5.82 Å². The molecule has 0 aromatic heterocycles. The Morgan fingerprint density at radius 1 is 1.44 bits per heavy atom.